The predicted molar refractivity (Wildman–Crippen MR) is 349 cm³/mol. The molecule has 1 fully saturated rings. The lowest BCUT2D eigenvalue weighted by atomic mass is 9.70. The van der Waals surface area contributed by atoms with Gasteiger partial charge in [0, 0.05) is 61.7 Å². The molecule has 1 saturated heterocycles. The maximum atomic E-state index is 14.6. The number of carboxylic acid groups (broad SMARTS) is 1. The summed E-state index contributed by atoms with van der Waals surface area (Å²) in [6, 6.07) is 17.6. The molecule has 0 aliphatic carbocycles. The van der Waals surface area contributed by atoms with Crippen molar-refractivity contribution in [2.75, 3.05) is 13.1 Å². The van der Waals surface area contributed by atoms with Crippen LogP contribution in [0.25, 0.3) is 22.3 Å². The summed E-state index contributed by atoms with van der Waals surface area (Å²) < 4.78 is 7.29. The van der Waals surface area contributed by atoms with Crippen molar-refractivity contribution in [3.05, 3.63) is 134 Å². The van der Waals surface area contributed by atoms with Crippen LogP contribution in [0.3, 0.4) is 0 Å². The predicted octanol–water partition coefficient (Wildman–Crippen LogP) is 2.28. The number of esters is 1. The first-order valence-corrected chi connectivity index (χ1v) is 30.8. The van der Waals surface area contributed by atoms with Crippen molar-refractivity contribution in [3.63, 3.8) is 0 Å². The first kappa shape index (κ1) is 71.4. The van der Waals surface area contributed by atoms with Crippen LogP contribution in [0.4, 0.5) is 0 Å². The summed E-state index contributed by atoms with van der Waals surface area (Å²) in [6.07, 6.45) is -0.234. The van der Waals surface area contributed by atoms with E-state index in [2.05, 4.69) is 47.4 Å². The van der Waals surface area contributed by atoms with Crippen LogP contribution in [0.5, 0.6) is 0 Å². The first-order chi connectivity index (χ1) is 44.2. The maximum Gasteiger partial charge on any atom is 0.317 e. The molecule has 5 heterocycles. The number of halogens is 1. The second-order valence-corrected chi connectivity index (χ2v) is 24.6. The number of amides is 7. The Balaban J connectivity index is 0.0000125. The van der Waals surface area contributed by atoms with Crippen LogP contribution in [-0.4, -0.2) is 135 Å². The number of pyridine rings is 2. The highest BCUT2D eigenvalue weighted by molar-refractivity contribution is 6.03. The number of aliphatic carboxylic acids is 1. The number of nitrogens with two attached hydrogens (primary N) is 2. The number of Topliss-reactive ketones (excluding diaryl/α,β-unsaturated/α-hetero) is 1. The number of aromatic nitrogens is 2. The summed E-state index contributed by atoms with van der Waals surface area (Å²) in [6.45, 7) is 10.1. The number of para-hydroxylation sites is 1. The van der Waals surface area contributed by atoms with Gasteiger partial charge >= 0.3 is 11.9 Å². The van der Waals surface area contributed by atoms with E-state index in [9.17, 15) is 57.8 Å². The van der Waals surface area contributed by atoms with Crippen molar-refractivity contribution < 1.29 is 62.6 Å². The summed E-state index contributed by atoms with van der Waals surface area (Å²) >= 11 is 0. The van der Waals surface area contributed by atoms with E-state index in [1.54, 1.807) is 92.2 Å². The molecular formula is C66H80ClN13O14. The Labute approximate surface area is 548 Å². The summed E-state index contributed by atoms with van der Waals surface area (Å²) in [5.41, 5.74) is 13.8. The van der Waals surface area contributed by atoms with E-state index >= 15 is 0 Å². The molecule has 7 amide bonds. The van der Waals surface area contributed by atoms with Gasteiger partial charge in [-0.2, -0.15) is 0 Å². The minimum absolute atomic E-state index is 0. The number of aliphatic imine (C=N–C) groups is 1. The van der Waals surface area contributed by atoms with Crippen molar-refractivity contribution >= 4 is 94.6 Å². The molecule has 12 N–H and O–H groups in total. The number of guanidine groups is 1. The van der Waals surface area contributed by atoms with Crippen LogP contribution >= 0.6 is 12.4 Å². The Bertz CT molecular complexity index is 3830. The van der Waals surface area contributed by atoms with Gasteiger partial charge in [-0.15, -0.1) is 12.4 Å². The van der Waals surface area contributed by atoms with Gasteiger partial charge in [0.15, 0.2) is 11.7 Å². The fourth-order valence-corrected chi connectivity index (χ4v) is 11.4. The third kappa shape index (κ3) is 18.0. The normalized spacial score (nSPS) is 19.4. The third-order valence-corrected chi connectivity index (χ3v) is 16.3. The molecule has 94 heavy (non-hydrogen) atoms. The van der Waals surface area contributed by atoms with E-state index in [1.807, 2.05) is 45.0 Å². The summed E-state index contributed by atoms with van der Waals surface area (Å²) in [4.78, 5) is 166. The molecular weight excluding hydrogens is 1230 g/mol. The van der Waals surface area contributed by atoms with Crippen LogP contribution in [-0.2, 0) is 95.5 Å². The molecule has 2 aromatic heterocycles. The fraction of sp³-hybridized carbons (Fsp3) is 0.424. The van der Waals surface area contributed by atoms with Gasteiger partial charge in [-0.1, -0.05) is 98.7 Å². The van der Waals surface area contributed by atoms with Gasteiger partial charge in [-0.25, -0.2) is 4.98 Å². The summed E-state index contributed by atoms with van der Waals surface area (Å²) in [5.74, 6) is -8.73. The molecule has 0 spiro atoms. The van der Waals surface area contributed by atoms with Gasteiger partial charge in [-0.3, -0.25) is 57.7 Å². The van der Waals surface area contributed by atoms with Gasteiger partial charge in [-0.05, 0) is 80.3 Å². The Morgan fingerprint density at radius 1 is 0.809 bits per heavy atom. The number of ketones is 1. The van der Waals surface area contributed by atoms with E-state index < -0.39 is 131 Å². The summed E-state index contributed by atoms with van der Waals surface area (Å²) in [5, 5.41) is 33.0. The zero-order chi connectivity index (χ0) is 67.3. The lowest BCUT2D eigenvalue weighted by Gasteiger charge is -2.37. The molecule has 28 heteroatoms. The number of fused-ring (bicyclic) bond motifs is 5. The third-order valence-electron chi connectivity index (χ3n) is 16.3. The van der Waals surface area contributed by atoms with E-state index in [-0.39, 0.29) is 95.1 Å². The highest BCUT2D eigenvalue weighted by Crippen LogP contribution is 2.43. The number of carboxylic acids is 1. The second-order valence-electron chi connectivity index (χ2n) is 24.6. The van der Waals surface area contributed by atoms with Gasteiger partial charge < -0.3 is 67.9 Å². The highest BCUT2D eigenvalue weighted by Gasteiger charge is 2.49. The standard InChI is InChI=1S/C66H79N13O14.ClH/c1-7-66(44-28-50-57-42(34-79(50)62(90)43(44)35-92-63(66)91)41(32-72-93-65(4,5)6)40-16-11-12-17-45(40)74-57)30-51(80)56(36(2)3)78-53(82)24-23-52(81)70-31-39-21-19-38(20-22-39)27-48-59(87)75-46(18-13-25-69-64(67)68)58(86)71-33-54(83)73-49(29-55(84)85)61(89)77-47(60(88)76-48)26-37-14-9-8-10-15-37;/h8-12,14-17,19-22,28,32,36,46-49,56H,7,13,18,23-27,29-31,33-35H2,1-6H3,(H,70,81)(H,71,86)(H,73,83)(H,75,87)(H,76,88)(H,77,89)(H,78,82)(H,84,85)(H4,67,68,69);1H/b72-32+;/t46-,47?,48-,49-,56-,66-;/m0./s1. The lowest BCUT2D eigenvalue weighted by molar-refractivity contribution is -0.156. The smallest absolute Gasteiger partial charge is 0.317 e. The van der Waals surface area contributed by atoms with Crippen LogP contribution in [0, 0.1) is 5.92 Å². The number of cyclic esters (lactones) is 1. The van der Waals surface area contributed by atoms with E-state index in [4.69, 9.17) is 26.0 Å². The molecule has 0 saturated carbocycles. The number of nitrogens with zero attached hydrogens (tertiary/aromatic N) is 4. The number of benzene rings is 3. The second kappa shape index (κ2) is 31.5. The van der Waals surface area contributed by atoms with Crippen LogP contribution < -0.4 is 54.2 Å². The van der Waals surface area contributed by atoms with Crippen molar-refractivity contribution in [1.82, 2.24) is 46.8 Å². The minimum atomic E-state index is -1.66. The zero-order valence-electron chi connectivity index (χ0n) is 53.1. The average molecular weight is 1310 g/mol. The Hall–Kier alpha value is -10.1. The molecule has 0 bridgehead atoms. The number of ether oxygens (including phenoxy) is 1. The number of hydrogen-bond donors (Lipinski definition) is 10. The van der Waals surface area contributed by atoms with Crippen molar-refractivity contribution in [2.45, 2.75) is 160 Å². The average Bonchev–Trinajstić information content (AvgIpc) is 1.49. The van der Waals surface area contributed by atoms with Crippen LogP contribution in [0.15, 0.2) is 99.9 Å². The molecule has 0 radical (unpaired) electrons. The quantitative estimate of drug-likeness (QED) is 0.0145. The molecule has 3 aliphatic rings. The molecule has 1 unspecified atom stereocenters. The highest BCUT2D eigenvalue weighted by atomic mass is 35.5. The maximum absolute atomic E-state index is 14.6. The number of oxime groups is 1. The van der Waals surface area contributed by atoms with E-state index in [0.29, 0.717) is 39.2 Å². The van der Waals surface area contributed by atoms with Gasteiger partial charge in [0.05, 0.1) is 54.2 Å². The fourth-order valence-electron chi connectivity index (χ4n) is 11.4. The molecule has 6 atom stereocenters. The Kier molecular flexibility index (Phi) is 23.9. The number of nitrogens with one attached hydrogen (secondary N) is 7. The largest absolute Gasteiger partial charge is 0.481 e. The SMILES string of the molecule is CC[C@@]1(CC(=O)[C@@H](NC(=O)CCC(=O)NCc2ccc(C[C@@H]3NC(=O)C(Cc4ccccc4)NC(=O)[C@H](CC(=O)O)NC(=O)CNC(=O)[C@H](CCCN=C(N)N)NC3=O)cc2)C(C)C)C(=O)OCc2c1cc1n(c2=O)Cc2c-1nc1ccccc1c2/C=N/OC(C)(C)C.Cl. The molecule has 3 aliphatic heterocycles. The topological polar surface area (TPSA) is 405 Å². The minimum Gasteiger partial charge on any atom is -0.481 e. The van der Waals surface area contributed by atoms with E-state index in [1.165, 1.54) is 0 Å². The molecule has 5 aromatic rings. The Morgan fingerprint density at radius 2 is 1.43 bits per heavy atom. The molecule has 8 rings (SSSR count). The van der Waals surface area contributed by atoms with Crippen LogP contribution in [0.1, 0.15) is 125 Å². The number of rotatable bonds is 23. The number of hydrogen-bond acceptors (Lipinski definition) is 16. The molecule has 27 nitrogen and oxygen atoms in total. The number of carbonyl (C=O) groups is 10. The monoisotopic (exact) mass is 1310 g/mol. The van der Waals surface area contributed by atoms with Gasteiger partial charge in [0.2, 0.25) is 41.4 Å². The lowest BCUT2D eigenvalue weighted by Crippen LogP contribution is -2.58. The van der Waals surface area contributed by atoms with Gasteiger partial charge in [0.25, 0.3) is 5.56 Å². The van der Waals surface area contributed by atoms with Crippen molar-refractivity contribution in [1.29, 1.82) is 0 Å². The zero-order valence-corrected chi connectivity index (χ0v) is 53.9. The first-order valence-electron chi connectivity index (χ1n) is 30.8. The summed E-state index contributed by atoms with van der Waals surface area (Å²) in [7, 11) is 0. The Morgan fingerprint density at radius 3 is 2.06 bits per heavy atom. The van der Waals surface area contributed by atoms with Gasteiger partial charge in [0.1, 0.15) is 41.8 Å². The van der Waals surface area contributed by atoms with Crippen LogP contribution in [0.2, 0.25) is 0 Å². The van der Waals surface area contributed by atoms with E-state index in [0.717, 1.165) is 16.5 Å². The molecule has 3 aromatic carbocycles. The van der Waals surface area contributed by atoms with Crippen molar-refractivity contribution in [2.24, 2.45) is 27.5 Å². The molecule has 500 valence electrons. The van der Waals surface area contributed by atoms with Crippen molar-refractivity contribution in [3.8, 4) is 11.4 Å². The number of carbonyl (C=O) groups excluding carboxylic acids is 9.